The van der Waals surface area contributed by atoms with Gasteiger partial charge in [0, 0.05) is 32.1 Å². The van der Waals surface area contributed by atoms with E-state index in [2.05, 4.69) is 48.1 Å². The van der Waals surface area contributed by atoms with Crippen molar-refractivity contribution in [1.29, 1.82) is 0 Å². The standard InChI is InChI=1S/C15H32N4O/c1-5-16-9-6-15(20)19(13-12-17(2)3)14-7-10-18(4)11-8-14/h14,16H,5-13H2,1-4H3. The van der Waals surface area contributed by atoms with Gasteiger partial charge < -0.3 is 20.0 Å². The molecule has 0 spiro atoms. The molecule has 118 valence electrons. The van der Waals surface area contributed by atoms with E-state index in [1.807, 2.05) is 0 Å². The topological polar surface area (TPSA) is 38.8 Å². The highest BCUT2D eigenvalue weighted by atomic mass is 16.2. The average molecular weight is 284 g/mol. The van der Waals surface area contributed by atoms with Crippen LogP contribution in [0.2, 0.25) is 0 Å². The molecule has 1 fully saturated rings. The van der Waals surface area contributed by atoms with Crippen LogP contribution in [0.15, 0.2) is 0 Å². The number of nitrogens with one attached hydrogen (secondary N) is 1. The van der Waals surface area contributed by atoms with Gasteiger partial charge >= 0.3 is 0 Å². The number of hydrogen-bond donors (Lipinski definition) is 1. The van der Waals surface area contributed by atoms with Crippen LogP contribution in [0.1, 0.15) is 26.2 Å². The third kappa shape index (κ3) is 6.20. The molecule has 0 atom stereocenters. The van der Waals surface area contributed by atoms with Gasteiger partial charge in [0.25, 0.3) is 0 Å². The SMILES string of the molecule is CCNCCC(=O)N(CCN(C)C)C1CCN(C)CC1. The van der Waals surface area contributed by atoms with Crippen molar-refractivity contribution >= 4 is 5.91 Å². The van der Waals surface area contributed by atoms with Gasteiger partial charge in [0.05, 0.1) is 0 Å². The van der Waals surface area contributed by atoms with E-state index in [0.717, 1.165) is 52.1 Å². The van der Waals surface area contributed by atoms with E-state index in [9.17, 15) is 4.79 Å². The molecule has 0 radical (unpaired) electrons. The lowest BCUT2D eigenvalue weighted by Crippen LogP contribution is -2.49. The Morgan fingerprint density at radius 1 is 1.25 bits per heavy atom. The third-order valence-corrected chi connectivity index (χ3v) is 4.00. The molecule has 0 aromatic rings. The van der Waals surface area contributed by atoms with Crippen LogP contribution in [0.5, 0.6) is 0 Å². The zero-order chi connectivity index (χ0) is 15.0. The van der Waals surface area contributed by atoms with E-state index in [-0.39, 0.29) is 0 Å². The number of carbonyl (C=O) groups excluding carboxylic acids is 1. The van der Waals surface area contributed by atoms with Gasteiger partial charge in [-0.05, 0) is 53.6 Å². The highest BCUT2D eigenvalue weighted by Crippen LogP contribution is 2.16. The lowest BCUT2D eigenvalue weighted by molar-refractivity contribution is -0.134. The highest BCUT2D eigenvalue weighted by molar-refractivity contribution is 5.76. The van der Waals surface area contributed by atoms with Gasteiger partial charge in [-0.1, -0.05) is 6.92 Å². The summed E-state index contributed by atoms with van der Waals surface area (Å²) < 4.78 is 0. The number of likely N-dealkylation sites (N-methyl/N-ethyl adjacent to an activating group) is 1. The Hall–Kier alpha value is -0.650. The third-order valence-electron chi connectivity index (χ3n) is 4.00. The van der Waals surface area contributed by atoms with Crippen LogP contribution in [-0.4, -0.2) is 87.1 Å². The molecule has 0 aromatic heterocycles. The summed E-state index contributed by atoms with van der Waals surface area (Å²) in [5, 5.41) is 3.24. The Morgan fingerprint density at radius 2 is 1.90 bits per heavy atom. The summed E-state index contributed by atoms with van der Waals surface area (Å²) in [6, 6.07) is 0.431. The van der Waals surface area contributed by atoms with E-state index >= 15 is 0 Å². The normalized spacial score (nSPS) is 17.6. The fraction of sp³-hybridized carbons (Fsp3) is 0.933. The van der Waals surface area contributed by atoms with Crippen molar-refractivity contribution in [3.63, 3.8) is 0 Å². The van der Waals surface area contributed by atoms with Crippen LogP contribution < -0.4 is 5.32 Å². The second-order valence-corrected chi connectivity index (χ2v) is 6.03. The number of likely N-dealkylation sites (tertiary alicyclic amines) is 1. The second-order valence-electron chi connectivity index (χ2n) is 6.03. The molecule has 0 unspecified atom stereocenters. The van der Waals surface area contributed by atoms with E-state index in [1.54, 1.807) is 0 Å². The van der Waals surface area contributed by atoms with Crippen LogP contribution >= 0.6 is 0 Å². The van der Waals surface area contributed by atoms with Crippen LogP contribution in [0.25, 0.3) is 0 Å². The fourth-order valence-electron chi connectivity index (χ4n) is 2.64. The molecule has 1 N–H and O–H groups in total. The zero-order valence-electron chi connectivity index (χ0n) is 13.7. The van der Waals surface area contributed by atoms with Crippen molar-refractivity contribution in [3.05, 3.63) is 0 Å². The lowest BCUT2D eigenvalue weighted by atomic mass is 10.0. The molecule has 0 saturated carbocycles. The molecular formula is C15H32N4O. The second kappa shape index (κ2) is 9.32. The Morgan fingerprint density at radius 3 is 2.45 bits per heavy atom. The molecule has 0 bridgehead atoms. The van der Waals surface area contributed by atoms with E-state index < -0.39 is 0 Å². The van der Waals surface area contributed by atoms with Crippen LogP contribution in [0.4, 0.5) is 0 Å². The van der Waals surface area contributed by atoms with Crippen molar-refractivity contribution in [1.82, 2.24) is 20.0 Å². The summed E-state index contributed by atoms with van der Waals surface area (Å²) >= 11 is 0. The van der Waals surface area contributed by atoms with Crippen molar-refractivity contribution in [2.24, 2.45) is 0 Å². The number of nitrogens with zero attached hydrogens (tertiary/aromatic N) is 3. The highest BCUT2D eigenvalue weighted by Gasteiger charge is 2.26. The quantitative estimate of drug-likeness (QED) is 0.658. The molecule has 0 aliphatic carbocycles. The first-order valence-electron chi connectivity index (χ1n) is 7.88. The van der Waals surface area contributed by atoms with Gasteiger partial charge in [-0.3, -0.25) is 4.79 Å². The molecule has 1 aliphatic rings. The predicted octanol–water partition coefficient (Wildman–Crippen LogP) is 0.470. The van der Waals surface area contributed by atoms with Gasteiger partial charge in [0.2, 0.25) is 5.91 Å². The predicted molar refractivity (Wildman–Crippen MR) is 83.9 cm³/mol. The van der Waals surface area contributed by atoms with Gasteiger partial charge in [0.1, 0.15) is 0 Å². The smallest absolute Gasteiger partial charge is 0.224 e. The van der Waals surface area contributed by atoms with Crippen LogP contribution in [0.3, 0.4) is 0 Å². The molecule has 5 heteroatoms. The molecule has 0 aromatic carbocycles. The summed E-state index contributed by atoms with van der Waals surface area (Å²) in [6.07, 6.45) is 2.83. The van der Waals surface area contributed by atoms with Crippen molar-refractivity contribution in [2.45, 2.75) is 32.2 Å². The summed E-state index contributed by atoms with van der Waals surface area (Å²) in [5.74, 6) is 0.308. The Bertz CT molecular complexity index is 275. The van der Waals surface area contributed by atoms with Gasteiger partial charge in [-0.15, -0.1) is 0 Å². The first-order valence-corrected chi connectivity index (χ1v) is 7.88. The monoisotopic (exact) mass is 284 g/mol. The molecule has 5 nitrogen and oxygen atoms in total. The van der Waals surface area contributed by atoms with Crippen molar-refractivity contribution < 1.29 is 4.79 Å². The molecular weight excluding hydrogens is 252 g/mol. The number of amides is 1. The maximum Gasteiger partial charge on any atom is 0.224 e. The first kappa shape index (κ1) is 17.4. The fourth-order valence-corrected chi connectivity index (χ4v) is 2.64. The molecule has 1 amide bonds. The van der Waals surface area contributed by atoms with Crippen molar-refractivity contribution in [3.8, 4) is 0 Å². The van der Waals surface area contributed by atoms with Gasteiger partial charge in [-0.2, -0.15) is 0 Å². The van der Waals surface area contributed by atoms with Gasteiger partial charge in [0.15, 0.2) is 0 Å². The maximum absolute atomic E-state index is 12.5. The Balaban J connectivity index is 2.52. The summed E-state index contributed by atoms with van der Waals surface area (Å²) in [5.41, 5.74) is 0. The summed E-state index contributed by atoms with van der Waals surface area (Å²) in [6.45, 7) is 7.80. The molecule has 1 aliphatic heterocycles. The van der Waals surface area contributed by atoms with E-state index in [1.165, 1.54) is 0 Å². The zero-order valence-corrected chi connectivity index (χ0v) is 13.7. The molecule has 1 heterocycles. The summed E-state index contributed by atoms with van der Waals surface area (Å²) in [7, 11) is 6.29. The molecule has 1 rings (SSSR count). The molecule has 1 saturated heterocycles. The number of carbonyl (C=O) groups is 1. The Kier molecular flexibility index (Phi) is 8.11. The van der Waals surface area contributed by atoms with Crippen molar-refractivity contribution in [2.75, 3.05) is 60.4 Å². The average Bonchev–Trinajstić information content (AvgIpc) is 2.41. The number of piperidine rings is 1. The minimum atomic E-state index is 0.308. The Labute approximate surface area is 124 Å². The first-order chi connectivity index (χ1) is 9.54. The maximum atomic E-state index is 12.5. The number of hydrogen-bond acceptors (Lipinski definition) is 4. The summed E-state index contributed by atoms with van der Waals surface area (Å²) in [4.78, 5) is 19.1. The minimum Gasteiger partial charge on any atom is -0.338 e. The number of rotatable bonds is 8. The van der Waals surface area contributed by atoms with E-state index in [4.69, 9.17) is 0 Å². The minimum absolute atomic E-state index is 0.308. The lowest BCUT2D eigenvalue weighted by Gasteiger charge is -2.38. The van der Waals surface area contributed by atoms with Gasteiger partial charge in [-0.25, -0.2) is 0 Å². The van der Waals surface area contributed by atoms with Crippen LogP contribution in [-0.2, 0) is 4.79 Å². The van der Waals surface area contributed by atoms with Crippen LogP contribution in [0, 0.1) is 0 Å². The largest absolute Gasteiger partial charge is 0.338 e. The van der Waals surface area contributed by atoms with E-state index in [0.29, 0.717) is 18.4 Å². The molecule has 20 heavy (non-hydrogen) atoms.